The van der Waals surface area contributed by atoms with Gasteiger partial charge in [-0.05, 0) is 17.5 Å². The van der Waals surface area contributed by atoms with Gasteiger partial charge in [0.2, 0.25) is 5.91 Å². The van der Waals surface area contributed by atoms with Crippen molar-refractivity contribution in [3.05, 3.63) is 35.4 Å². The Morgan fingerprint density at radius 3 is 2.61 bits per heavy atom. The molecule has 0 spiro atoms. The van der Waals surface area contributed by atoms with E-state index in [0.29, 0.717) is 11.3 Å². The van der Waals surface area contributed by atoms with E-state index in [1.807, 2.05) is 12.1 Å². The van der Waals surface area contributed by atoms with Gasteiger partial charge in [0.05, 0.1) is 0 Å². The van der Waals surface area contributed by atoms with Crippen molar-refractivity contribution >= 4 is 18.5 Å². The fourth-order valence-electron chi connectivity index (χ4n) is 2.28. The van der Waals surface area contributed by atoms with Crippen LogP contribution in [0.25, 0.3) is 0 Å². The van der Waals surface area contributed by atoms with Gasteiger partial charge in [0.25, 0.3) is 0 Å². The zero-order chi connectivity index (χ0) is 13.1. The molecule has 1 saturated heterocycles. The fourth-order valence-corrected chi connectivity index (χ4v) is 2.60. The molecule has 1 aliphatic rings. The average Bonchev–Trinajstić information content (AvgIpc) is 2.75. The lowest BCUT2D eigenvalue weighted by molar-refractivity contribution is -0.118. The Kier molecular flexibility index (Phi) is 4.27. The predicted molar refractivity (Wildman–Crippen MR) is 75.3 cm³/mol. The van der Waals surface area contributed by atoms with Gasteiger partial charge < -0.3 is 16.8 Å². The second kappa shape index (κ2) is 5.73. The molecule has 0 saturated carbocycles. The zero-order valence-corrected chi connectivity index (χ0v) is 11.1. The van der Waals surface area contributed by atoms with E-state index in [4.69, 9.17) is 11.5 Å². The molecule has 0 radical (unpaired) electrons. The molecule has 1 fully saturated rings. The summed E-state index contributed by atoms with van der Waals surface area (Å²) in [6.07, 6.45) is 1.22. The third-order valence-electron chi connectivity index (χ3n) is 3.30. The Hall–Kier alpha value is -1.04. The molecule has 1 unspecified atom stereocenters. The number of hydrogen-bond acceptors (Lipinski definition) is 4. The third kappa shape index (κ3) is 3.25. The van der Waals surface area contributed by atoms with Crippen LogP contribution in [0.1, 0.15) is 36.1 Å². The van der Waals surface area contributed by atoms with E-state index in [1.165, 1.54) is 5.56 Å². The van der Waals surface area contributed by atoms with Crippen LogP contribution in [-0.2, 0) is 4.79 Å². The summed E-state index contributed by atoms with van der Waals surface area (Å²) in [5.74, 6) is -0.373. The highest BCUT2D eigenvalue weighted by Gasteiger charge is 2.22. The third-order valence-corrected chi connectivity index (χ3v) is 3.69. The van der Waals surface area contributed by atoms with E-state index in [0.717, 1.165) is 18.5 Å². The molecule has 98 valence electrons. The molecule has 4 nitrogen and oxygen atoms in total. The van der Waals surface area contributed by atoms with Crippen LogP contribution in [-0.4, -0.2) is 17.7 Å². The molecule has 5 N–H and O–H groups in total. The molecule has 1 aliphatic heterocycles. The minimum atomic E-state index is -0.373. The molecule has 1 heterocycles. The summed E-state index contributed by atoms with van der Waals surface area (Å²) in [4.78, 5) is 10.8. The number of hydrogen-bond donors (Lipinski definition) is 4. The van der Waals surface area contributed by atoms with Gasteiger partial charge in [-0.1, -0.05) is 24.3 Å². The van der Waals surface area contributed by atoms with E-state index >= 15 is 0 Å². The Balaban J connectivity index is 2.03. The van der Waals surface area contributed by atoms with Gasteiger partial charge in [-0.25, -0.2) is 0 Å². The number of primary amides is 1. The topological polar surface area (TPSA) is 81.1 Å². The number of carbonyl (C=O) groups excluding carboxylic acids is 1. The largest absolute Gasteiger partial charge is 0.370 e. The fraction of sp³-hybridized carbons (Fsp3) is 0.462. The van der Waals surface area contributed by atoms with Gasteiger partial charge >= 0.3 is 0 Å². The highest BCUT2D eigenvalue weighted by molar-refractivity contribution is 7.81. The summed E-state index contributed by atoms with van der Waals surface area (Å²) in [6, 6.07) is 8.10. The SMILES string of the molecule is NC(=O)CC(N)c1ccc([C@H]2C[C@H](S)CN2)cc1. The monoisotopic (exact) mass is 265 g/mol. The maximum absolute atomic E-state index is 10.8. The van der Waals surface area contributed by atoms with Gasteiger partial charge in [-0.3, -0.25) is 4.79 Å². The molecular weight excluding hydrogens is 246 g/mol. The first-order valence-corrected chi connectivity index (χ1v) is 6.63. The van der Waals surface area contributed by atoms with Gasteiger partial charge in [0, 0.05) is 30.3 Å². The van der Waals surface area contributed by atoms with E-state index in [9.17, 15) is 4.79 Å². The summed E-state index contributed by atoms with van der Waals surface area (Å²) in [5.41, 5.74) is 13.2. The molecule has 3 atom stereocenters. The van der Waals surface area contributed by atoms with Crippen LogP contribution in [0.3, 0.4) is 0 Å². The lowest BCUT2D eigenvalue weighted by Gasteiger charge is -2.14. The van der Waals surface area contributed by atoms with Gasteiger partial charge in [0.1, 0.15) is 0 Å². The van der Waals surface area contributed by atoms with Crippen molar-refractivity contribution in [1.82, 2.24) is 5.32 Å². The molecule has 18 heavy (non-hydrogen) atoms. The molecule has 2 rings (SSSR count). The number of nitrogens with two attached hydrogens (primary N) is 2. The summed E-state index contributed by atoms with van der Waals surface area (Å²) < 4.78 is 0. The molecule has 1 amide bonds. The van der Waals surface area contributed by atoms with Crippen molar-refractivity contribution in [2.24, 2.45) is 11.5 Å². The average molecular weight is 265 g/mol. The maximum Gasteiger partial charge on any atom is 0.219 e. The Morgan fingerprint density at radius 2 is 2.11 bits per heavy atom. The first kappa shape index (κ1) is 13.4. The second-order valence-electron chi connectivity index (χ2n) is 4.79. The minimum absolute atomic E-state index is 0.180. The second-order valence-corrected chi connectivity index (χ2v) is 5.52. The van der Waals surface area contributed by atoms with E-state index in [-0.39, 0.29) is 18.4 Å². The molecule has 1 aromatic rings. The lowest BCUT2D eigenvalue weighted by atomic mass is 9.99. The van der Waals surface area contributed by atoms with E-state index in [1.54, 1.807) is 0 Å². The van der Waals surface area contributed by atoms with Crippen molar-refractivity contribution in [2.45, 2.75) is 30.2 Å². The summed E-state index contributed by atoms with van der Waals surface area (Å²) in [5, 5.41) is 3.84. The quantitative estimate of drug-likeness (QED) is 0.610. The molecule has 1 aromatic carbocycles. The zero-order valence-electron chi connectivity index (χ0n) is 10.2. The van der Waals surface area contributed by atoms with Crippen molar-refractivity contribution in [2.75, 3.05) is 6.54 Å². The van der Waals surface area contributed by atoms with Crippen molar-refractivity contribution in [3.8, 4) is 0 Å². The summed E-state index contributed by atoms with van der Waals surface area (Å²) in [7, 11) is 0. The van der Waals surface area contributed by atoms with Gasteiger partial charge in [-0.2, -0.15) is 12.6 Å². The van der Waals surface area contributed by atoms with Crippen molar-refractivity contribution < 1.29 is 4.79 Å². The first-order chi connectivity index (χ1) is 8.56. The van der Waals surface area contributed by atoms with E-state index in [2.05, 4.69) is 30.1 Å². The number of amides is 1. The predicted octanol–water partition coefficient (Wildman–Crippen LogP) is 0.895. The summed E-state index contributed by atoms with van der Waals surface area (Å²) >= 11 is 4.46. The standard InChI is InChI=1S/C13H19N3OS/c14-11(6-13(15)17)8-1-3-9(4-2-8)12-5-10(18)7-16-12/h1-4,10-12,16,18H,5-7,14H2,(H2,15,17)/t10-,11?,12+/m0/s1. The molecule has 0 aliphatic carbocycles. The summed E-state index contributed by atoms with van der Waals surface area (Å²) in [6.45, 7) is 0.941. The van der Waals surface area contributed by atoms with Gasteiger partial charge in [0.15, 0.2) is 0 Å². The highest BCUT2D eigenvalue weighted by Crippen LogP contribution is 2.27. The number of nitrogens with one attached hydrogen (secondary N) is 1. The smallest absolute Gasteiger partial charge is 0.219 e. The normalized spacial score (nSPS) is 25.0. The Morgan fingerprint density at radius 1 is 1.44 bits per heavy atom. The lowest BCUT2D eigenvalue weighted by Crippen LogP contribution is -2.20. The number of thiol groups is 1. The Labute approximate surface area is 113 Å². The molecular formula is C13H19N3OS. The van der Waals surface area contributed by atoms with Crippen LogP contribution >= 0.6 is 12.6 Å². The number of rotatable bonds is 4. The van der Waals surface area contributed by atoms with Gasteiger partial charge in [-0.15, -0.1) is 0 Å². The number of carbonyl (C=O) groups is 1. The molecule has 0 bridgehead atoms. The molecule has 0 aromatic heterocycles. The van der Waals surface area contributed by atoms with Crippen molar-refractivity contribution in [3.63, 3.8) is 0 Å². The maximum atomic E-state index is 10.8. The number of benzene rings is 1. The molecule has 5 heteroatoms. The van der Waals surface area contributed by atoms with Crippen LogP contribution in [0.2, 0.25) is 0 Å². The first-order valence-electron chi connectivity index (χ1n) is 6.11. The van der Waals surface area contributed by atoms with Crippen LogP contribution < -0.4 is 16.8 Å². The van der Waals surface area contributed by atoms with E-state index < -0.39 is 0 Å². The van der Waals surface area contributed by atoms with Crippen LogP contribution in [0.4, 0.5) is 0 Å². The minimum Gasteiger partial charge on any atom is -0.370 e. The van der Waals surface area contributed by atoms with Crippen LogP contribution in [0, 0.1) is 0 Å². The van der Waals surface area contributed by atoms with Crippen molar-refractivity contribution in [1.29, 1.82) is 0 Å². The Bertz CT molecular complexity index is 421. The highest BCUT2D eigenvalue weighted by atomic mass is 32.1. The van der Waals surface area contributed by atoms with Crippen LogP contribution in [0.15, 0.2) is 24.3 Å². The van der Waals surface area contributed by atoms with Crippen LogP contribution in [0.5, 0.6) is 0 Å².